The number of phosphoric ester groups is 1. The lowest BCUT2D eigenvalue weighted by molar-refractivity contribution is -0.870. The van der Waals surface area contributed by atoms with Gasteiger partial charge in [0, 0.05) is 6.42 Å². The summed E-state index contributed by atoms with van der Waals surface area (Å²) in [5.41, 5.74) is 0. The van der Waals surface area contributed by atoms with E-state index >= 15 is 0 Å². The number of rotatable bonds is 39. The second-order valence-electron chi connectivity index (χ2n) is 16.1. The van der Waals surface area contributed by atoms with E-state index in [9.17, 15) is 19.4 Å². The van der Waals surface area contributed by atoms with E-state index in [4.69, 9.17) is 9.05 Å². The second-order valence-corrected chi connectivity index (χ2v) is 17.5. The predicted octanol–water partition coefficient (Wildman–Crippen LogP) is 11.9. The number of hydrogen-bond donors (Lipinski definition) is 3. The van der Waals surface area contributed by atoms with E-state index in [2.05, 4.69) is 43.5 Å². The van der Waals surface area contributed by atoms with Gasteiger partial charge in [0.05, 0.1) is 39.9 Å². The zero-order valence-electron chi connectivity index (χ0n) is 35.3. The van der Waals surface area contributed by atoms with Crippen molar-refractivity contribution in [1.82, 2.24) is 5.32 Å². The Bertz CT molecular complexity index is 964. The van der Waals surface area contributed by atoms with Crippen molar-refractivity contribution in [2.24, 2.45) is 0 Å². The monoisotopic (exact) mass is 770 g/mol. The molecule has 3 N–H and O–H groups in total. The molecule has 0 saturated carbocycles. The van der Waals surface area contributed by atoms with Crippen LogP contribution in [0, 0.1) is 0 Å². The predicted molar refractivity (Wildman–Crippen MR) is 226 cm³/mol. The van der Waals surface area contributed by atoms with Crippen molar-refractivity contribution in [3.05, 3.63) is 36.5 Å². The molecule has 9 heteroatoms. The van der Waals surface area contributed by atoms with Crippen molar-refractivity contribution in [3.63, 3.8) is 0 Å². The maximum atomic E-state index is 12.8. The number of nitrogens with zero attached hydrogens (tertiary/aromatic N) is 1. The van der Waals surface area contributed by atoms with Crippen LogP contribution in [0.15, 0.2) is 36.5 Å². The van der Waals surface area contributed by atoms with Crippen molar-refractivity contribution in [1.29, 1.82) is 0 Å². The number of amides is 1. The lowest BCUT2D eigenvalue weighted by Crippen LogP contribution is -2.45. The molecule has 1 amide bonds. The summed E-state index contributed by atoms with van der Waals surface area (Å²) >= 11 is 0. The van der Waals surface area contributed by atoms with Crippen molar-refractivity contribution < 1.29 is 32.9 Å². The Morgan fingerprint density at radius 3 is 1.57 bits per heavy atom. The van der Waals surface area contributed by atoms with Gasteiger partial charge in [0.15, 0.2) is 0 Å². The maximum Gasteiger partial charge on any atom is 0.472 e. The quantitative estimate of drug-likeness (QED) is 0.0249. The number of nitrogens with one attached hydrogen (secondary N) is 1. The molecular weight excluding hydrogens is 683 g/mol. The highest BCUT2D eigenvalue weighted by molar-refractivity contribution is 7.47. The van der Waals surface area contributed by atoms with Gasteiger partial charge in [-0.2, -0.15) is 0 Å². The molecule has 3 unspecified atom stereocenters. The van der Waals surface area contributed by atoms with Crippen LogP contribution in [0.2, 0.25) is 0 Å². The number of quaternary nitrogens is 1. The number of carbonyl (C=O) groups is 1. The highest BCUT2D eigenvalue weighted by atomic mass is 31.2. The molecule has 3 atom stereocenters. The third kappa shape index (κ3) is 38.8. The molecule has 312 valence electrons. The number of likely N-dealkylation sites (N-methyl/N-ethyl adjacent to an activating group) is 1. The standard InChI is InChI=1S/C44H85N2O6P/c1-6-8-10-12-14-16-18-19-20-21-22-23-24-25-26-27-28-29-31-33-35-37-43(47)42(41-52-53(49,50)51-40-39-46(3,4)5)45-44(48)38-36-34-32-30-17-15-13-11-9-7-2/h13,15,28-29,35,37,42-43,47H,6-12,14,16-27,30-34,36,38-41H2,1-5H3,(H-,45,48,49,50)/p+1/b15-13-,29-28+,37-35+. The van der Waals surface area contributed by atoms with Crippen LogP contribution in [0.4, 0.5) is 0 Å². The Labute approximate surface area is 327 Å². The van der Waals surface area contributed by atoms with Gasteiger partial charge in [0.25, 0.3) is 0 Å². The molecule has 0 aliphatic heterocycles. The number of carbonyl (C=O) groups excluding carboxylic acids is 1. The molecule has 0 aromatic heterocycles. The highest BCUT2D eigenvalue weighted by Gasteiger charge is 2.27. The molecule has 0 spiro atoms. The van der Waals surface area contributed by atoms with E-state index < -0.39 is 20.0 Å². The SMILES string of the molecule is CCCC/C=C\CCCCCCC(=O)NC(COP(=O)(O)OCC[N+](C)(C)C)C(O)/C=C/CC/C=C/CCCCCCCCCCCCCCCCC. The minimum absolute atomic E-state index is 0.0538. The molecule has 0 saturated heterocycles. The molecule has 0 aromatic rings. The Hall–Kier alpha value is -1.28. The number of aliphatic hydroxyl groups excluding tert-OH is 1. The largest absolute Gasteiger partial charge is 0.472 e. The fourth-order valence-corrected chi connectivity index (χ4v) is 6.77. The van der Waals surface area contributed by atoms with Gasteiger partial charge in [-0.25, -0.2) is 4.57 Å². The molecule has 0 heterocycles. The van der Waals surface area contributed by atoms with Crippen LogP contribution >= 0.6 is 7.82 Å². The molecule has 0 radical (unpaired) electrons. The van der Waals surface area contributed by atoms with Crippen LogP contribution < -0.4 is 5.32 Å². The first-order chi connectivity index (χ1) is 25.5. The normalized spacial score (nSPS) is 14.8. The summed E-state index contributed by atoms with van der Waals surface area (Å²) in [6.07, 6.45) is 43.7. The summed E-state index contributed by atoms with van der Waals surface area (Å²) in [7, 11) is 1.54. The number of hydrogen-bond acceptors (Lipinski definition) is 5. The third-order valence-corrected chi connectivity index (χ3v) is 10.6. The summed E-state index contributed by atoms with van der Waals surface area (Å²) in [6, 6.07) is -0.866. The zero-order valence-corrected chi connectivity index (χ0v) is 36.1. The smallest absolute Gasteiger partial charge is 0.387 e. The maximum absolute atomic E-state index is 12.8. The molecule has 0 bridgehead atoms. The van der Waals surface area contributed by atoms with Crippen molar-refractivity contribution in [3.8, 4) is 0 Å². The fourth-order valence-electron chi connectivity index (χ4n) is 6.04. The van der Waals surface area contributed by atoms with Gasteiger partial charge >= 0.3 is 7.82 Å². The molecule has 0 fully saturated rings. The van der Waals surface area contributed by atoms with Crippen molar-refractivity contribution in [2.45, 2.75) is 199 Å². The van der Waals surface area contributed by atoms with E-state index in [1.165, 1.54) is 109 Å². The van der Waals surface area contributed by atoms with Crippen molar-refractivity contribution >= 4 is 13.7 Å². The number of allylic oxidation sites excluding steroid dienone is 5. The summed E-state index contributed by atoms with van der Waals surface area (Å²) in [5, 5.41) is 13.8. The first-order valence-corrected chi connectivity index (χ1v) is 23.4. The van der Waals surface area contributed by atoms with Gasteiger partial charge in [0.2, 0.25) is 5.91 Å². The van der Waals surface area contributed by atoms with Crippen LogP contribution in [0.1, 0.15) is 187 Å². The van der Waals surface area contributed by atoms with Crippen LogP contribution in [-0.4, -0.2) is 73.4 Å². The molecule has 0 aliphatic rings. The Morgan fingerprint density at radius 1 is 0.623 bits per heavy atom. The van der Waals surface area contributed by atoms with E-state index in [1.807, 2.05) is 27.2 Å². The molecule has 8 nitrogen and oxygen atoms in total. The van der Waals surface area contributed by atoms with Crippen LogP contribution in [-0.2, 0) is 18.4 Å². The first kappa shape index (κ1) is 51.7. The zero-order chi connectivity index (χ0) is 39.3. The second kappa shape index (κ2) is 36.4. The van der Waals surface area contributed by atoms with E-state index in [0.29, 0.717) is 17.4 Å². The summed E-state index contributed by atoms with van der Waals surface area (Å²) in [6.45, 7) is 4.73. The topological polar surface area (TPSA) is 105 Å². The van der Waals surface area contributed by atoms with E-state index in [1.54, 1.807) is 6.08 Å². The summed E-state index contributed by atoms with van der Waals surface area (Å²) < 4.78 is 23.5. The minimum Gasteiger partial charge on any atom is -0.387 e. The number of phosphoric acid groups is 1. The summed E-state index contributed by atoms with van der Waals surface area (Å²) in [5.74, 6) is -0.203. The van der Waals surface area contributed by atoms with Crippen molar-refractivity contribution in [2.75, 3.05) is 40.9 Å². The Morgan fingerprint density at radius 2 is 1.06 bits per heavy atom. The van der Waals surface area contributed by atoms with Gasteiger partial charge in [0.1, 0.15) is 13.2 Å². The average Bonchev–Trinajstić information content (AvgIpc) is 3.10. The molecule has 53 heavy (non-hydrogen) atoms. The van der Waals surface area contributed by atoms with Gasteiger partial charge in [-0.15, -0.1) is 0 Å². The van der Waals surface area contributed by atoms with Crippen LogP contribution in [0.25, 0.3) is 0 Å². The third-order valence-electron chi connectivity index (χ3n) is 9.58. The lowest BCUT2D eigenvalue weighted by Gasteiger charge is -2.25. The number of unbranched alkanes of at least 4 members (excludes halogenated alkanes) is 22. The average molecular weight is 770 g/mol. The van der Waals surface area contributed by atoms with E-state index in [0.717, 1.165) is 57.8 Å². The van der Waals surface area contributed by atoms with Gasteiger partial charge in [-0.1, -0.05) is 166 Å². The molecule has 0 aromatic carbocycles. The summed E-state index contributed by atoms with van der Waals surface area (Å²) in [4.78, 5) is 23.0. The van der Waals surface area contributed by atoms with E-state index in [-0.39, 0.29) is 19.1 Å². The van der Waals surface area contributed by atoms with Gasteiger partial charge in [-0.3, -0.25) is 13.8 Å². The van der Waals surface area contributed by atoms with Gasteiger partial charge < -0.3 is 19.8 Å². The molecular formula is C44H86N2O6P+. The number of aliphatic hydroxyl groups is 1. The lowest BCUT2D eigenvalue weighted by atomic mass is 10.0. The fraction of sp³-hybridized carbons (Fsp3) is 0.841. The highest BCUT2D eigenvalue weighted by Crippen LogP contribution is 2.43. The Kier molecular flexibility index (Phi) is 35.5. The van der Waals surface area contributed by atoms with Crippen LogP contribution in [0.3, 0.4) is 0 Å². The Balaban J connectivity index is 4.41. The van der Waals surface area contributed by atoms with Gasteiger partial charge in [-0.05, 0) is 51.4 Å². The minimum atomic E-state index is -4.34. The first-order valence-electron chi connectivity index (χ1n) is 21.9. The van der Waals surface area contributed by atoms with Crippen LogP contribution in [0.5, 0.6) is 0 Å². The molecule has 0 aliphatic carbocycles. The molecule has 0 rings (SSSR count).